The van der Waals surface area contributed by atoms with Gasteiger partial charge in [-0.15, -0.1) is 0 Å². The first kappa shape index (κ1) is 11.8. The first-order chi connectivity index (χ1) is 8.70. The Morgan fingerprint density at radius 3 is 2.67 bits per heavy atom. The number of nitrogens with one attached hydrogen (secondary N) is 1. The zero-order chi connectivity index (χ0) is 13.0. The third kappa shape index (κ3) is 2.54. The van der Waals surface area contributed by atoms with Crippen LogP contribution in [0.25, 0.3) is 0 Å². The monoisotopic (exact) mass is 245 g/mol. The van der Waals surface area contributed by atoms with Gasteiger partial charge < -0.3 is 15.2 Å². The van der Waals surface area contributed by atoms with Crippen LogP contribution in [-0.2, 0) is 0 Å². The van der Waals surface area contributed by atoms with Gasteiger partial charge in [-0.25, -0.2) is 14.8 Å². The Kier molecular flexibility index (Phi) is 3.38. The normalized spacial score (nSPS) is 9.83. The van der Waals surface area contributed by atoms with E-state index in [4.69, 9.17) is 9.84 Å². The van der Waals surface area contributed by atoms with Gasteiger partial charge in [0, 0.05) is 11.9 Å². The molecule has 0 atom stereocenters. The Labute approximate surface area is 103 Å². The van der Waals surface area contributed by atoms with Crippen molar-refractivity contribution < 1.29 is 14.6 Å². The van der Waals surface area contributed by atoms with Gasteiger partial charge in [-0.05, 0) is 24.3 Å². The van der Waals surface area contributed by atoms with Crippen molar-refractivity contribution in [2.45, 2.75) is 0 Å². The Balaban J connectivity index is 2.25. The maximum absolute atomic E-state index is 11.0. The number of methoxy groups -OCH3 is 1. The molecule has 0 fully saturated rings. The smallest absolute Gasteiger partial charge is 0.341 e. The number of carbonyl (C=O) groups is 1. The van der Waals surface area contributed by atoms with Gasteiger partial charge in [0.25, 0.3) is 0 Å². The van der Waals surface area contributed by atoms with Crippen LogP contribution < -0.4 is 10.1 Å². The van der Waals surface area contributed by atoms with Gasteiger partial charge in [-0.2, -0.15) is 0 Å². The van der Waals surface area contributed by atoms with Crippen LogP contribution in [0.2, 0.25) is 0 Å². The topological polar surface area (TPSA) is 84.3 Å². The van der Waals surface area contributed by atoms with Crippen LogP contribution in [0.1, 0.15) is 10.4 Å². The number of rotatable bonds is 4. The molecule has 18 heavy (non-hydrogen) atoms. The van der Waals surface area contributed by atoms with Gasteiger partial charge in [0.1, 0.15) is 23.5 Å². The number of benzene rings is 1. The molecule has 2 aromatic rings. The molecule has 1 heterocycles. The predicted molar refractivity (Wildman–Crippen MR) is 65.3 cm³/mol. The second-order valence-electron chi connectivity index (χ2n) is 3.44. The zero-order valence-electron chi connectivity index (χ0n) is 9.62. The van der Waals surface area contributed by atoms with Crippen molar-refractivity contribution >= 4 is 17.5 Å². The van der Waals surface area contributed by atoms with E-state index < -0.39 is 5.97 Å². The molecule has 0 aliphatic carbocycles. The van der Waals surface area contributed by atoms with Crippen LogP contribution >= 0.6 is 0 Å². The molecule has 2 N–H and O–H groups in total. The minimum Gasteiger partial charge on any atom is -0.497 e. The minimum atomic E-state index is -1.08. The Hall–Kier alpha value is -2.63. The van der Waals surface area contributed by atoms with Crippen LogP contribution in [0.3, 0.4) is 0 Å². The number of aromatic nitrogens is 2. The molecule has 0 bridgehead atoms. The quantitative estimate of drug-likeness (QED) is 0.856. The molecule has 0 saturated carbocycles. The first-order valence-electron chi connectivity index (χ1n) is 5.15. The van der Waals surface area contributed by atoms with Crippen LogP contribution in [0.5, 0.6) is 5.75 Å². The fourth-order valence-electron chi connectivity index (χ4n) is 1.40. The molecule has 6 nitrogen and oxygen atoms in total. The number of hydrogen-bond donors (Lipinski definition) is 2. The van der Waals surface area contributed by atoms with E-state index in [0.29, 0.717) is 0 Å². The highest BCUT2D eigenvalue weighted by Gasteiger charge is 2.11. The van der Waals surface area contributed by atoms with Gasteiger partial charge in [0.15, 0.2) is 0 Å². The van der Waals surface area contributed by atoms with Crippen molar-refractivity contribution in [2.75, 3.05) is 12.4 Å². The molecule has 0 amide bonds. The number of ether oxygens (including phenoxy) is 1. The zero-order valence-corrected chi connectivity index (χ0v) is 9.62. The summed E-state index contributed by atoms with van der Waals surface area (Å²) in [6.07, 6.45) is 2.54. The maximum Gasteiger partial charge on any atom is 0.341 e. The maximum atomic E-state index is 11.0. The predicted octanol–water partition coefficient (Wildman–Crippen LogP) is 1.93. The van der Waals surface area contributed by atoms with E-state index in [-0.39, 0.29) is 11.4 Å². The summed E-state index contributed by atoms with van der Waals surface area (Å²) in [6.45, 7) is 0. The average Bonchev–Trinajstić information content (AvgIpc) is 2.40. The number of hydrogen-bond acceptors (Lipinski definition) is 5. The van der Waals surface area contributed by atoms with E-state index in [1.54, 1.807) is 31.4 Å². The number of carboxylic acid groups (broad SMARTS) is 1. The molecule has 0 aliphatic rings. The van der Waals surface area contributed by atoms with Crippen LogP contribution in [0.4, 0.5) is 11.5 Å². The largest absolute Gasteiger partial charge is 0.497 e. The molecular weight excluding hydrogens is 234 g/mol. The van der Waals surface area contributed by atoms with Gasteiger partial charge in [0.05, 0.1) is 7.11 Å². The van der Waals surface area contributed by atoms with E-state index in [9.17, 15) is 4.79 Å². The minimum absolute atomic E-state index is 0.0216. The molecule has 2 rings (SSSR count). The fourth-order valence-corrected chi connectivity index (χ4v) is 1.40. The van der Waals surface area contributed by atoms with E-state index in [0.717, 1.165) is 11.4 Å². The molecule has 1 aromatic heterocycles. The standard InChI is InChI=1S/C12H11N3O3/c1-18-9-4-2-8(3-5-9)15-11-10(12(16)17)6-13-7-14-11/h2-7H,1H3,(H,16,17)(H,13,14,15). The lowest BCUT2D eigenvalue weighted by Crippen LogP contribution is -2.05. The average molecular weight is 245 g/mol. The number of anilines is 2. The fraction of sp³-hybridized carbons (Fsp3) is 0.0833. The SMILES string of the molecule is COc1ccc(Nc2ncncc2C(=O)O)cc1. The highest BCUT2D eigenvalue weighted by Crippen LogP contribution is 2.20. The van der Waals surface area contributed by atoms with Crippen molar-refractivity contribution in [3.63, 3.8) is 0 Å². The molecule has 0 saturated heterocycles. The van der Waals surface area contributed by atoms with Gasteiger partial charge in [-0.1, -0.05) is 0 Å². The Morgan fingerprint density at radius 2 is 2.06 bits per heavy atom. The van der Waals surface area contributed by atoms with Gasteiger partial charge >= 0.3 is 5.97 Å². The van der Waals surface area contributed by atoms with Gasteiger partial charge in [0.2, 0.25) is 0 Å². The van der Waals surface area contributed by atoms with Crippen LogP contribution in [0.15, 0.2) is 36.8 Å². The lowest BCUT2D eigenvalue weighted by Gasteiger charge is -2.08. The molecular formula is C12H11N3O3. The number of aromatic carboxylic acids is 1. The second kappa shape index (κ2) is 5.13. The summed E-state index contributed by atoms with van der Waals surface area (Å²) in [5.74, 6) is -0.101. The van der Waals surface area contributed by atoms with Crippen molar-refractivity contribution in [2.24, 2.45) is 0 Å². The summed E-state index contributed by atoms with van der Waals surface area (Å²) in [5.41, 5.74) is 0.741. The van der Waals surface area contributed by atoms with E-state index >= 15 is 0 Å². The molecule has 1 aromatic carbocycles. The summed E-state index contributed by atoms with van der Waals surface area (Å²) in [7, 11) is 1.58. The lowest BCUT2D eigenvalue weighted by atomic mass is 10.2. The molecule has 6 heteroatoms. The highest BCUT2D eigenvalue weighted by molar-refractivity contribution is 5.93. The molecule has 0 unspecified atom stereocenters. The van der Waals surface area contributed by atoms with Crippen molar-refractivity contribution in [1.82, 2.24) is 9.97 Å². The summed E-state index contributed by atoms with van der Waals surface area (Å²) < 4.78 is 5.03. The molecule has 0 radical (unpaired) electrons. The number of carboxylic acids is 1. The van der Waals surface area contributed by atoms with Crippen LogP contribution in [0, 0.1) is 0 Å². The summed E-state index contributed by atoms with van der Waals surface area (Å²) in [6, 6.07) is 7.08. The molecule has 92 valence electrons. The summed E-state index contributed by atoms with van der Waals surface area (Å²) >= 11 is 0. The van der Waals surface area contributed by atoms with E-state index in [2.05, 4.69) is 15.3 Å². The highest BCUT2D eigenvalue weighted by atomic mass is 16.5. The molecule has 0 aliphatic heterocycles. The van der Waals surface area contributed by atoms with Crippen LogP contribution in [-0.4, -0.2) is 28.2 Å². The summed E-state index contributed by atoms with van der Waals surface area (Å²) in [5, 5.41) is 11.9. The molecule has 0 spiro atoms. The first-order valence-corrected chi connectivity index (χ1v) is 5.15. The number of nitrogens with zero attached hydrogens (tertiary/aromatic N) is 2. The second-order valence-corrected chi connectivity index (χ2v) is 3.44. The van der Waals surface area contributed by atoms with E-state index in [1.165, 1.54) is 12.5 Å². The van der Waals surface area contributed by atoms with Crippen molar-refractivity contribution in [1.29, 1.82) is 0 Å². The summed E-state index contributed by atoms with van der Waals surface area (Å²) in [4.78, 5) is 18.6. The van der Waals surface area contributed by atoms with Crippen molar-refractivity contribution in [3.8, 4) is 5.75 Å². The van der Waals surface area contributed by atoms with Crippen molar-refractivity contribution in [3.05, 3.63) is 42.4 Å². The third-order valence-electron chi connectivity index (χ3n) is 2.30. The lowest BCUT2D eigenvalue weighted by molar-refractivity contribution is 0.0697. The Bertz CT molecular complexity index is 555. The Morgan fingerprint density at radius 1 is 1.33 bits per heavy atom. The van der Waals surface area contributed by atoms with E-state index in [1.807, 2.05) is 0 Å². The van der Waals surface area contributed by atoms with Gasteiger partial charge in [-0.3, -0.25) is 0 Å². The third-order valence-corrected chi connectivity index (χ3v) is 2.30.